The number of anilines is 1. The summed E-state index contributed by atoms with van der Waals surface area (Å²) in [4.78, 5) is 16.9. The van der Waals surface area contributed by atoms with Gasteiger partial charge < -0.3 is 9.73 Å². The molecule has 180 valence electrons. The Hall–Kier alpha value is -4.24. The van der Waals surface area contributed by atoms with Crippen molar-refractivity contribution >= 4 is 23.5 Å². The van der Waals surface area contributed by atoms with Gasteiger partial charge in [0.05, 0.1) is 22.7 Å². The van der Waals surface area contributed by atoms with Crippen molar-refractivity contribution < 1.29 is 9.21 Å². The van der Waals surface area contributed by atoms with Gasteiger partial charge in [-0.05, 0) is 67.8 Å². The highest BCUT2D eigenvalue weighted by atomic mass is 32.2. The lowest BCUT2D eigenvalue weighted by Gasteiger charge is -2.08. The van der Waals surface area contributed by atoms with Crippen molar-refractivity contribution in [2.24, 2.45) is 0 Å². The molecular formula is C27H24N6O2S. The van der Waals surface area contributed by atoms with E-state index in [2.05, 4.69) is 53.4 Å². The van der Waals surface area contributed by atoms with Crippen molar-refractivity contribution in [1.29, 1.82) is 0 Å². The van der Waals surface area contributed by atoms with Crippen LogP contribution in [0.5, 0.6) is 0 Å². The fourth-order valence-electron chi connectivity index (χ4n) is 3.78. The number of nitrogens with zero attached hydrogens (tertiary/aromatic N) is 5. The summed E-state index contributed by atoms with van der Waals surface area (Å²) in [5, 5.41) is 16.2. The fraction of sp³-hybridized carbons (Fsp3) is 0.148. The number of benzene rings is 2. The SMILES string of the molecule is Cc1cc(C)c(-c2cc(NC(=O)CSc3nnc(-c4cccnc4)o3)n(-c3ccccc3)n2)cc1C. The molecule has 0 spiro atoms. The Kier molecular flexibility index (Phi) is 6.64. The minimum Gasteiger partial charge on any atom is -0.411 e. The summed E-state index contributed by atoms with van der Waals surface area (Å²) in [5.41, 5.74) is 6.96. The minimum atomic E-state index is -0.207. The van der Waals surface area contributed by atoms with Crippen LogP contribution >= 0.6 is 11.8 Å². The van der Waals surface area contributed by atoms with E-state index in [0.717, 1.165) is 28.1 Å². The van der Waals surface area contributed by atoms with Gasteiger partial charge in [0.25, 0.3) is 5.22 Å². The zero-order valence-corrected chi connectivity index (χ0v) is 20.9. The van der Waals surface area contributed by atoms with Crippen LogP contribution in [-0.2, 0) is 4.79 Å². The highest BCUT2D eigenvalue weighted by Gasteiger charge is 2.17. The Bertz CT molecular complexity index is 1510. The molecule has 0 fully saturated rings. The standard InChI is InChI=1S/C27H24N6O2S/c1-17-12-19(3)22(13-18(17)2)23-14-24(33(32-23)21-9-5-4-6-10-21)29-25(34)16-36-27-31-30-26(35-27)20-8-7-11-28-15-20/h4-15H,16H2,1-3H3,(H,29,34). The number of nitrogens with one attached hydrogen (secondary N) is 1. The van der Waals surface area contributed by atoms with Crippen molar-refractivity contribution in [3.05, 3.63) is 89.7 Å². The first-order valence-electron chi connectivity index (χ1n) is 11.4. The van der Waals surface area contributed by atoms with Crippen LogP contribution in [0.2, 0.25) is 0 Å². The summed E-state index contributed by atoms with van der Waals surface area (Å²) in [6.07, 6.45) is 3.32. The zero-order chi connectivity index (χ0) is 25.1. The van der Waals surface area contributed by atoms with Crippen molar-refractivity contribution in [2.45, 2.75) is 26.0 Å². The van der Waals surface area contributed by atoms with Crippen molar-refractivity contribution in [2.75, 3.05) is 11.1 Å². The molecule has 5 aromatic rings. The van der Waals surface area contributed by atoms with E-state index in [4.69, 9.17) is 9.52 Å². The fourth-order valence-corrected chi connectivity index (χ4v) is 4.35. The van der Waals surface area contributed by atoms with Gasteiger partial charge in [-0.25, -0.2) is 4.68 Å². The molecule has 0 aliphatic rings. The Morgan fingerprint density at radius 3 is 2.56 bits per heavy atom. The van der Waals surface area contributed by atoms with E-state index in [1.165, 1.54) is 22.9 Å². The average molecular weight is 497 g/mol. The summed E-state index contributed by atoms with van der Waals surface area (Å²) in [7, 11) is 0. The molecule has 3 heterocycles. The van der Waals surface area contributed by atoms with Crippen molar-refractivity contribution in [1.82, 2.24) is 25.0 Å². The van der Waals surface area contributed by atoms with Gasteiger partial charge in [0, 0.05) is 24.0 Å². The van der Waals surface area contributed by atoms with Crippen LogP contribution in [0.4, 0.5) is 5.82 Å². The molecule has 1 N–H and O–H groups in total. The predicted molar refractivity (Wildman–Crippen MR) is 140 cm³/mol. The Morgan fingerprint density at radius 2 is 1.78 bits per heavy atom. The summed E-state index contributed by atoms with van der Waals surface area (Å²) in [6.45, 7) is 6.26. The van der Waals surface area contributed by atoms with Crippen LogP contribution < -0.4 is 5.32 Å². The molecule has 5 rings (SSSR count). The largest absolute Gasteiger partial charge is 0.411 e. The van der Waals surface area contributed by atoms with Crippen LogP contribution in [0.1, 0.15) is 16.7 Å². The van der Waals surface area contributed by atoms with E-state index >= 15 is 0 Å². The molecule has 0 unspecified atom stereocenters. The third kappa shape index (κ3) is 5.06. The summed E-state index contributed by atoms with van der Waals surface area (Å²) >= 11 is 1.17. The summed E-state index contributed by atoms with van der Waals surface area (Å²) in [5.74, 6) is 0.844. The monoisotopic (exact) mass is 496 g/mol. The minimum absolute atomic E-state index is 0.104. The Morgan fingerprint density at radius 1 is 0.972 bits per heavy atom. The van der Waals surface area contributed by atoms with E-state index in [1.54, 1.807) is 23.1 Å². The number of hydrogen-bond donors (Lipinski definition) is 1. The molecule has 0 aliphatic heterocycles. The Balaban J connectivity index is 1.36. The van der Waals surface area contributed by atoms with Gasteiger partial charge in [0.2, 0.25) is 11.8 Å². The van der Waals surface area contributed by atoms with Gasteiger partial charge in [-0.3, -0.25) is 9.78 Å². The zero-order valence-electron chi connectivity index (χ0n) is 20.1. The molecule has 0 saturated carbocycles. The van der Waals surface area contributed by atoms with Gasteiger partial charge in [0.15, 0.2) is 0 Å². The maximum atomic E-state index is 12.9. The highest BCUT2D eigenvalue weighted by Crippen LogP contribution is 2.30. The van der Waals surface area contributed by atoms with Gasteiger partial charge >= 0.3 is 0 Å². The number of carbonyl (C=O) groups is 1. The maximum absolute atomic E-state index is 12.9. The molecule has 0 saturated heterocycles. The molecule has 8 nitrogen and oxygen atoms in total. The first kappa shape index (κ1) is 23.5. The van der Waals surface area contributed by atoms with Gasteiger partial charge in [-0.15, -0.1) is 10.2 Å². The first-order chi connectivity index (χ1) is 17.5. The molecule has 3 aromatic heterocycles. The Labute approximate surface area is 212 Å². The number of carbonyl (C=O) groups excluding carboxylic acids is 1. The van der Waals surface area contributed by atoms with Crippen LogP contribution in [0.25, 0.3) is 28.4 Å². The maximum Gasteiger partial charge on any atom is 0.277 e. The first-order valence-corrected chi connectivity index (χ1v) is 12.4. The molecule has 0 bridgehead atoms. The van der Waals surface area contributed by atoms with E-state index in [-0.39, 0.29) is 11.7 Å². The normalized spacial score (nSPS) is 11.0. The number of aryl methyl sites for hydroxylation is 3. The summed E-state index contributed by atoms with van der Waals surface area (Å²) in [6, 6.07) is 19.6. The van der Waals surface area contributed by atoms with Crippen LogP contribution in [0, 0.1) is 20.8 Å². The predicted octanol–water partition coefficient (Wildman–Crippen LogP) is 5.64. The lowest BCUT2D eigenvalue weighted by atomic mass is 9.99. The lowest BCUT2D eigenvalue weighted by Crippen LogP contribution is -2.16. The number of amides is 1. The average Bonchev–Trinajstić information content (AvgIpc) is 3.54. The van der Waals surface area contributed by atoms with Gasteiger partial charge in [0.1, 0.15) is 5.82 Å². The smallest absolute Gasteiger partial charge is 0.277 e. The number of hydrogen-bond acceptors (Lipinski definition) is 7. The number of aromatic nitrogens is 5. The molecule has 2 aromatic carbocycles. The molecule has 9 heteroatoms. The molecule has 0 atom stereocenters. The molecule has 0 aliphatic carbocycles. The second-order valence-corrected chi connectivity index (χ2v) is 9.29. The van der Waals surface area contributed by atoms with Crippen molar-refractivity contribution in [3.63, 3.8) is 0 Å². The van der Waals surface area contributed by atoms with E-state index < -0.39 is 0 Å². The van der Waals surface area contributed by atoms with E-state index in [1.807, 2.05) is 42.5 Å². The molecular weight excluding hydrogens is 472 g/mol. The van der Waals surface area contributed by atoms with Crippen molar-refractivity contribution in [3.8, 4) is 28.4 Å². The second kappa shape index (κ2) is 10.2. The topological polar surface area (TPSA) is 98.7 Å². The van der Waals surface area contributed by atoms with Gasteiger partial charge in [-0.1, -0.05) is 36.0 Å². The summed E-state index contributed by atoms with van der Waals surface area (Å²) < 4.78 is 7.41. The van der Waals surface area contributed by atoms with E-state index in [9.17, 15) is 4.79 Å². The number of thioether (sulfide) groups is 1. The third-order valence-electron chi connectivity index (χ3n) is 5.74. The molecule has 0 radical (unpaired) electrons. The lowest BCUT2D eigenvalue weighted by molar-refractivity contribution is -0.113. The number of para-hydroxylation sites is 1. The second-order valence-electron chi connectivity index (χ2n) is 8.37. The number of rotatable bonds is 7. The third-order valence-corrected chi connectivity index (χ3v) is 6.55. The van der Waals surface area contributed by atoms with Crippen LogP contribution in [0.15, 0.2) is 82.7 Å². The van der Waals surface area contributed by atoms with Gasteiger partial charge in [-0.2, -0.15) is 5.10 Å². The van der Waals surface area contributed by atoms with Crippen LogP contribution in [-0.4, -0.2) is 36.6 Å². The highest BCUT2D eigenvalue weighted by molar-refractivity contribution is 7.99. The van der Waals surface area contributed by atoms with E-state index in [0.29, 0.717) is 16.9 Å². The molecule has 1 amide bonds. The number of pyridine rings is 1. The van der Waals surface area contributed by atoms with Crippen LogP contribution in [0.3, 0.4) is 0 Å². The molecule has 36 heavy (non-hydrogen) atoms. The quantitative estimate of drug-likeness (QED) is 0.291.